The van der Waals surface area contributed by atoms with E-state index >= 15 is 0 Å². The highest BCUT2D eigenvalue weighted by Crippen LogP contribution is 2.28. The minimum atomic E-state index is -0.408. The van der Waals surface area contributed by atoms with Gasteiger partial charge in [0.2, 0.25) is 0 Å². The van der Waals surface area contributed by atoms with Gasteiger partial charge in [0.15, 0.2) is 11.2 Å². The smallest absolute Gasteiger partial charge is 0.318 e. The Morgan fingerprint density at radius 2 is 2.22 bits per heavy atom. The molecule has 0 aliphatic heterocycles. The topological polar surface area (TPSA) is 82.8 Å². The maximum atomic E-state index is 11.6. The van der Waals surface area contributed by atoms with Gasteiger partial charge in [-0.1, -0.05) is 34.6 Å². The van der Waals surface area contributed by atoms with Crippen molar-refractivity contribution in [3.05, 3.63) is 35.6 Å². The molecule has 118 valence electrons. The van der Waals surface area contributed by atoms with Crippen LogP contribution in [-0.2, 0) is 9.53 Å². The lowest BCUT2D eigenvalue weighted by atomic mass is 10.3. The Labute approximate surface area is 141 Å². The van der Waals surface area contributed by atoms with Crippen LogP contribution in [0.15, 0.2) is 35.6 Å². The van der Waals surface area contributed by atoms with Crippen LogP contribution in [-0.4, -0.2) is 43.3 Å². The summed E-state index contributed by atoms with van der Waals surface area (Å²) in [4.78, 5) is 20.0. The number of ether oxygens (including phenoxy) is 1. The van der Waals surface area contributed by atoms with Crippen LogP contribution in [0.1, 0.15) is 6.92 Å². The fraction of sp³-hybridized carbons (Fsp3) is 0.214. The van der Waals surface area contributed by atoms with Gasteiger partial charge in [-0.3, -0.25) is 4.79 Å². The third-order valence-electron chi connectivity index (χ3n) is 3.08. The molecular formula is C14H12ClN5O2S. The van der Waals surface area contributed by atoms with Crippen LogP contribution in [0.2, 0.25) is 5.02 Å². The number of aromatic nitrogens is 5. The van der Waals surface area contributed by atoms with E-state index < -0.39 is 5.25 Å². The third-order valence-corrected chi connectivity index (χ3v) is 4.38. The standard InChI is InChI=1S/C14H12ClN5O2S/c1-8(14(21)22-2)23-13-11-12(16-7-17-13)20(19-18-11)10-5-3-4-9(15)6-10/h3-8H,1-2H3/t8-/m0/s1. The second kappa shape index (κ2) is 6.51. The van der Waals surface area contributed by atoms with Gasteiger partial charge in [-0.05, 0) is 25.1 Å². The lowest BCUT2D eigenvalue weighted by Crippen LogP contribution is -2.14. The van der Waals surface area contributed by atoms with Gasteiger partial charge in [-0.15, -0.1) is 5.10 Å². The van der Waals surface area contributed by atoms with E-state index in [1.54, 1.807) is 23.7 Å². The van der Waals surface area contributed by atoms with Crippen molar-refractivity contribution in [3.8, 4) is 5.69 Å². The lowest BCUT2D eigenvalue weighted by molar-refractivity contribution is -0.139. The highest BCUT2D eigenvalue weighted by Gasteiger charge is 2.20. The zero-order valence-electron chi connectivity index (χ0n) is 12.3. The number of halogens is 1. The molecule has 1 aromatic carbocycles. The maximum Gasteiger partial charge on any atom is 0.318 e. The monoisotopic (exact) mass is 349 g/mol. The number of fused-ring (bicyclic) bond motifs is 1. The van der Waals surface area contributed by atoms with E-state index in [-0.39, 0.29) is 5.97 Å². The molecule has 1 atom stereocenters. The van der Waals surface area contributed by atoms with Crippen molar-refractivity contribution < 1.29 is 9.53 Å². The highest BCUT2D eigenvalue weighted by molar-refractivity contribution is 8.00. The van der Waals surface area contributed by atoms with Crippen molar-refractivity contribution in [2.24, 2.45) is 0 Å². The summed E-state index contributed by atoms with van der Waals surface area (Å²) in [5.41, 5.74) is 1.81. The van der Waals surface area contributed by atoms with Gasteiger partial charge in [0.05, 0.1) is 12.8 Å². The predicted octanol–water partition coefficient (Wildman–Crippen LogP) is 2.52. The number of nitrogens with zero attached hydrogens (tertiary/aromatic N) is 5. The molecule has 23 heavy (non-hydrogen) atoms. The summed E-state index contributed by atoms with van der Waals surface area (Å²) in [6.07, 6.45) is 1.42. The molecule has 0 saturated carbocycles. The number of hydrogen-bond donors (Lipinski definition) is 0. The van der Waals surface area contributed by atoms with E-state index in [9.17, 15) is 4.79 Å². The first kappa shape index (κ1) is 15.7. The number of rotatable bonds is 4. The van der Waals surface area contributed by atoms with E-state index in [2.05, 4.69) is 20.3 Å². The fourth-order valence-electron chi connectivity index (χ4n) is 1.98. The highest BCUT2D eigenvalue weighted by atomic mass is 35.5. The second-order valence-corrected chi connectivity index (χ2v) is 6.38. The lowest BCUT2D eigenvalue weighted by Gasteiger charge is -2.07. The quantitative estimate of drug-likeness (QED) is 0.406. The van der Waals surface area contributed by atoms with Crippen LogP contribution in [0.3, 0.4) is 0 Å². The molecule has 9 heteroatoms. The zero-order valence-corrected chi connectivity index (χ0v) is 13.9. The molecule has 0 spiro atoms. The summed E-state index contributed by atoms with van der Waals surface area (Å²) in [6, 6.07) is 7.22. The van der Waals surface area contributed by atoms with E-state index in [1.807, 2.05) is 12.1 Å². The molecule has 7 nitrogen and oxygen atoms in total. The van der Waals surface area contributed by atoms with Crippen molar-refractivity contribution >= 4 is 40.5 Å². The normalized spacial score (nSPS) is 12.3. The Kier molecular flexibility index (Phi) is 4.44. The van der Waals surface area contributed by atoms with Crippen LogP contribution in [0.4, 0.5) is 0 Å². The van der Waals surface area contributed by atoms with Gasteiger partial charge in [0.1, 0.15) is 16.6 Å². The van der Waals surface area contributed by atoms with E-state index in [0.29, 0.717) is 21.2 Å². The third kappa shape index (κ3) is 3.13. The van der Waals surface area contributed by atoms with Gasteiger partial charge in [0.25, 0.3) is 0 Å². The molecule has 0 aliphatic carbocycles. The Bertz CT molecular complexity index is 869. The molecule has 0 saturated heterocycles. The fourth-order valence-corrected chi connectivity index (χ4v) is 3.04. The maximum absolute atomic E-state index is 11.6. The van der Waals surface area contributed by atoms with Gasteiger partial charge in [0, 0.05) is 5.02 Å². The van der Waals surface area contributed by atoms with Crippen LogP contribution >= 0.6 is 23.4 Å². The summed E-state index contributed by atoms with van der Waals surface area (Å²) in [6.45, 7) is 1.74. The van der Waals surface area contributed by atoms with Crippen molar-refractivity contribution in [1.29, 1.82) is 0 Å². The van der Waals surface area contributed by atoms with E-state index in [0.717, 1.165) is 5.69 Å². The number of thioether (sulfide) groups is 1. The number of hydrogen-bond acceptors (Lipinski definition) is 7. The molecule has 2 heterocycles. The zero-order chi connectivity index (χ0) is 16.4. The first-order chi connectivity index (χ1) is 11.1. The minimum absolute atomic E-state index is 0.330. The molecule has 0 unspecified atom stereocenters. The molecule has 3 aromatic rings. The van der Waals surface area contributed by atoms with Crippen LogP contribution in [0.25, 0.3) is 16.9 Å². The summed E-state index contributed by atoms with van der Waals surface area (Å²) in [5.74, 6) is -0.330. The van der Waals surface area contributed by atoms with Gasteiger partial charge < -0.3 is 4.74 Å². The number of benzene rings is 1. The average molecular weight is 350 g/mol. The predicted molar refractivity (Wildman–Crippen MR) is 86.8 cm³/mol. The summed E-state index contributed by atoms with van der Waals surface area (Å²) in [7, 11) is 1.35. The molecule has 0 amide bonds. The molecule has 0 fully saturated rings. The number of methoxy groups -OCH3 is 1. The largest absolute Gasteiger partial charge is 0.468 e. The molecule has 3 rings (SSSR count). The summed E-state index contributed by atoms with van der Waals surface area (Å²) >= 11 is 7.26. The minimum Gasteiger partial charge on any atom is -0.468 e. The molecule has 0 N–H and O–H groups in total. The van der Waals surface area contributed by atoms with Crippen molar-refractivity contribution in [2.45, 2.75) is 17.2 Å². The summed E-state index contributed by atoms with van der Waals surface area (Å²) < 4.78 is 6.30. The van der Waals surface area contributed by atoms with Gasteiger partial charge >= 0.3 is 5.97 Å². The van der Waals surface area contributed by atoms with Crippen molar-refractivity contribution in [3.63, 3.8) is 0 Å². The van der Waals surface area contributed by atoms with Crippen molar-refractivity contribution in [2.75, 3.05) is 7.11 Å². The Morgan fingerprint density at radius 3 is 2.96 bits per heavy atom. The average Bonchev–Trinajstić information content (AvgIpc) is 2.99. The van der Waals surface area contributed by atoms with Crippen LogP contribution in [0, 0.1) is 0 Å². The van der Waals surface area contributed by atoms with Gasteiger partial charge in [-0.25, -0.2) is 9.97 Å². The Morgan fingerprint density at radius 1 is 1.39 bits per heavy atom. The van der Waals surface area contributed by atoms with Crippen LogP contribution < -0.4 is 0 Å². The molecule has 0 radical (unpaired) electrons. The summed E-state index contributed by atoms with van der Waals surface area (Å²) in [5, 5.41) is 9.00. The number of esters is 1. The first-order valence-corrected chi connectivity index (χ1v) is 7.92. The van der Waals surface area contributed by atoms with Crippen LogP contribution in [0.5, 0.6) is 0 Å². The van der Waals surface area contributed by atoms with Crippen molar-refractivity contribution in [1.82, 2.24) is 25.0 Å². The molecule has 0 bridgehead atoms. The number of carbonyl (C=O) groups is 1. The molecular weight excluding hydrogens is 338 g/mol. The molecule has 0 aliphatic rings. The number of carbonyl (C=O) groups excluding carboxylic acids is 1. The van der Waals surface area contributed by atoms with E-state index in [1.165, 1.54) is 25.2 Å². The second-order valence-electron chi connectivity index (χ2n) is 4.62. The SMILES string of the molecule is COC(=O)[C@H](C)Sc1ncnc2c1nnn2-c1cccc(Cl)c1. The Hall–Kier alpha value is -2.19. The first-order valence-electron chi connectivity index (χ1n) is 6.67. The van der Waals surface area contributed by atoms with Gasteiger partial charge in [-0.2, -0.15) is 4.68 Å². The van der Waals surface area contributed by atoms with E-state index in [4.69, 9.17) is 16.3 Å². The Balaban J connectivity index is 2.02. The molecule has 2 aromatic heterocycles.